The third-order valence-corrected chi connectivity index (χ3v) is 3.27. The molecule has 20 heavy (non-hydrogen) atoms. The molecule has 0 saturated carbocycles. The Morgan fingerprint density at radius 1 is 1.25 bits per heavy atom. The Balaban J connectivity index is 2.74. The predicted octanol–water partition coefficient (Wildman–Crippen LogP) is 4.19. The summed E-state index contributed by atoms with van der Waals surface area (Å²) >= 11 is 0. The fraction of sp³-hybridized carbons (Fsp3) is 0.471. The van der Waals surface area contributed by atoms with Crippen molar-refractivity contribution < 1.29 is 9.90 Å². The molecular formula is C17H25NO2. The third kappa shape index (κ3) is 5.47. The fourth-order valence-corrected chi connectivity index (χ4v) is 2.16. The highest BCUT2D eigenvalue weighted by molar-refractivity contribution is 5.85. The minimum absolute atomic E-state index is 0.465. The zero-order chi connectivity index (χ0) is 15.0. The molecular weight excluding hydrogens is 250 g/mol. The molecule has 0 fully saturated rings. The average molecular weight is 275 g/mol. The Hall–Kier alpha value is -1.77. The molecule has 110 valence electrons. The molecule has 1 rings (SSSR count). The topological polar surface area (TPSA) is 40.5 Å². The first-order valence-electron chi connectivity index (χ1n) is 7.32. The van der Waals surface area contributed by atoms with Gasteiger partial charge in [-0.15, -0.1) is 0 Å². The molecule has 0 aliphatic rings. The van der Waals surface area contributed by atoms with Crippen LogP contribution in [-0.4, -0.2) is 23.7 Å². The largest absolute Gasteiger partial charge is 0.478 e. The summed E-state index contributed by atoms with van der Waals surface area (Å²) in [6.45, 7) is 7.67. The second-order valence-corrected chi connectivity index (χ2v) is 5.26. The molecule has 0 spiro atoms. The van der Waals surface area contributed by atoms with Crippen molar-refractivity contribution in [3.05, 3.63) is 35.9 Å². The number of benzene rings is 1. The highest BCUT2D eigenvalue weighted by Gasteiger charge is 2.09. The van der Waals surface area contributed by atoms with Gasteiger partial charge in [-0.05, 0) is 44.0 Å². The smallest absolute Gasteiger partial charge is 0.328 e. The van der Waals surface area contributed by atoms with Crippen molar-refractivity contribution in [1.82, 2.24) is 0 Å². The van der Waals surface area contributed by atoms with Crippen molar-refractivity contribution in [3.63, 3.8) is 0 Å². The second-order valence-electron chi connectivity index (χ2n) is 5.26. The number of carboxylic acid groups (broad SMARTS) is 1. The van der Waals surface area contributed by atoms with Crippen LogP contribution in [0.3, 0.4) is 0 Å². The van der Waals surface area contributed by atoms with Crippen molar-refractivity contribution in [2.24, 2.45) is 0 Å². The maximum absolute atomic E-state index is 10.5. The van der Waals surface area contributed by atoms with E-state index >= 15 is 0 Å². The summed E-state index contributed by atoms with van der Waals surface area (Å²) < 4.78 is 0. The Morgan fingerprint density at radius 3 is 2.40 bits per heavy atom. The summed E-state index contributed by atoms with van der Waals surface area (Å²) in [5.41, 5.74) is 2.11. The van der Waals surface area contributed by atoms with Gasteiger partial charge >= 0.3 is 5.97 Å². The number of carboxylic acids is 1. The van der Waals surface area contributed by atoms with Gasteiger partial charge in [0.25, 0.3) is 0 Å². The lowest BCUT2D eigenvalue weighted by molar-refractivity contribution is -0.131. The maximum atomic E-state index is 10.5. The van der Waals surface area contributed by atoms with E-state index in [1.807, 2.05) is 12.1 Å². The van der Waals surface area contributed by atoms with E-state index < -0.39 is 5.97 Å². The van der Waals surface area contributed by atoms with E-state index in [4.69, 9.17) is 5.11 Å². The van der Waals surface area contributed by atoms with Crippen LogP contribution in [0.5, 0.6) is 0 Å². The highest BCUT2D eigenvalue weighted by Crippen LogP contribution is 2.19. The molecule has 0 bridgehead atoms. The van der Waals surface area contributed by atoms with Gasteiger partial charge in [-0.3, -0.25) is 0 Å². The van der Waals surface area contributed by atoms with Crippen LogP contribution in [0.1, 0.15) is 45.6 Å². The van der Waals surface area contributed by atoms with Gasteiger partial charge in [0.2, 0.25) is 0 Å². The van der Waals surface area contributed by atoms with E-state index in [-0.39, 0.29) is 0 Å². The SMILES string of the molecule is CCCCCN(c1ccc(C=CC(=O)O)cc1)C(C)C. The monoisotopic (exact) mass is 275 g/mol. The van der Waals surface area contributed by atoms with Crippen molar-refractivity contribution in [3.8, 4) is 0 Å². The lowest BCUT2D eigenvalue weighted by Gasteiger charge is -2.29. The van der Waals surface area contributed by atoms with Crippen LogP contribution in [0.15, 0.2) is 30.3 Å². The van der Waals surface area contributed by atoms with Crippen LogP contribution in [-0.2, 0) is 4.79 Å². The Bertz CT molecular complexity index is 435. The average Bonchev–Trinajstić information content (AvgIpc) is 2.42. The van der Waals surface area contributed by atoms with Gasteiger partial charge in [-0.25, -0.2) is 4.79 Å². The van der Waals surface area contributed by atoms with Crippen molar-refractivity contribution >= 4 is 17.7 Å². The normalized spacial score (nSPS) is 11.2. The quantitative estimate of drug-likeness (QED) is 0.571. The summed E-state index contributed by atoms with van der Waals surface area (Å²) in [7, 11) is 0. The van der Waals surface area contributed by atoms with Crippen LogP contribution in [0.2, 0.25) is 0 Å². The third-order valence-electron chi connectivity index (χ3n) is 3.27. The van der Waals surface area contributed by atoms with Gasteiger partial charge in [0.1, 0.15) is 0 Å². The molecule has 0 aliphatic heterocycles. The first-order chi connectivity index (χ1) is 9.54. The number of aliphatic carboxylic acids is 1. The molecule has 3 nitrogen and oxygen atoms in total. The van der Waals surface area contributed by atoms with Crippen LogP contribution in [0, 0.1) is 0 Å². The number of nitrogens with zero attached hydrogens (tertiary/aromatic N) is 1. The molecule has 0 radical (unpaired) electrons. The van der Waals surface area contributed by atoms with Crippen LogP contribution >= 0.6 is 0 Å². The molecule has 1 N–H and O–H groups in total. The number of carbonyl (C=O) groups is 1. The van der Waals surface area contributed by atoms with Gasteiger partial charge in [-0.1, -0.05) is 31.9 Å². The minimum atomic E-state index is -0.919. The van der Waals surface area contributed by atoms with E-state index in [1.54, 1.807) is 6.08 Å². The van der Waals surface area contributed by atoms with Gasteiger partial charge in [-0.2, -0.15) is 0 Å². The zero-order valence-electron chi connectivity index (χ0n) is 12.7. The number of rotatable bonds is 8. The summed E-state index contributed by atoms with van der Waals surface area (Å²) in [4.78, 5) is 12.9. The molecule has 0 aliphatic carbocycles. The summed E-state index contributed by atoms with van der Waals surface area (Å²) in [6, 6.07) is 8.52. The van der Waals surface area contributed by atoms with Crippen LogP contribution < -0.4 is 4.90 Å². The van der Waals surface area contributed by atoms with Crippen molar-refractivity contribution in [2.75, 3.05) is 11.4 Å². The molecule has 0 atom stereocenters. The number of unbranched alkanes of at least 4 members (excludes halogenated alkanes) is 2. The Kier molecular flexibility index (Phi) is 6.85. The lowest BCUT2D eigenvalue weighted by Crippen LogP contribution is -2.31. The van der Waals surface area contributed by atoms with Crippen LogP contribution in [0.25, 0.3) is 6.08 Å². The fourth-order valence-electron chi connectivity index (χ4n) is 2.16. The van der Waals surface area contributed by atoms with E-state index in [0.29, 0.717) is 6.04 Å². The molecule has 0 aromatic heterocycles. The number of anilines is 1. The molecule has 3 heteroatoms. The lowest BCUT2D eigenvalue weighted by atomic mass is 10.1. The summed E-state index contributed by atoms with van der Waals surface area (Å²) in [6.07, 6.45) is 6.46. The van der Waals surface area contributed by atoms with Crippen molar-refractivity contribution in [1.29, 1.82) is 0 Å². The Labute approximate surface area is 121 Å². The number of hydrogen-bond acceptors (Lipinski definition) is 2. The Morgan fingerprint density at radius 2 is 1.90 bits per heavy atom. The van der Waals surface area contributed by atoms with Crippen LogP contribution in [0.4, 0.5) is 5.69 Å². The van der Waals surface area contributed by atoms with E-state index in [1.165, 1.54) is 24.9 Å². The van der Waals surface area contributed by atoms with E-state index in [2.05, 4.69) is 37.8 Å². The van der Waals surface area contributed by atoms with Crippen molar-refractivity contribution in [2.45, 2.75) is 46.1 Å². The molecule has 0 unspecified atom stereocenters. The first kappa shape index (κ1) is 16.3. The molecule has 0 amide bonds. The van der Waals surface area contributed by atoms with Gasteiger partial charge in [0.05, 0.1) is 0 Å². The van der Waals surface area contributed by atoms with E-state index in [9.17, 15) is 4.79 Å². The van der Waals surface area contributed by atoms with Gasteiger partial charge in [0.15, 0.2) is 0 Å². The van der Waals surface area contributed by atoms with Gasteiger partial charge < -0.3 is 10.0 Å². The maximum Gasteiger partial charge on any atom is 0.328 e. The standard InChI is InChI=1S/C17H25NO2/c1-4-5-6-13-18(14(2)3)16-10-7-15(8-11-16)9-12-17(19)20/h7-12,14H,4-6,13H2,1-3H3,(H,19,20). The highest BCUT2D eigenvalue weighted by atomic mass is 16.4. The molecule has 1 aromatic rings. The van der Waals surface area contributed by atoms with E-state index in [0.717, 1.165) is 18.2 Å². The number of hydrogen-bond donors (Lipinski definition) is 1. The van der Waals surface area contributed by atoms with Gasteiger partial charge in [0, 0.05) is 24.4 Å². The summed E-state index contributed by atoms with van der Waals surface area (Å²) in [5, 5.41) is 8.62. The molecule has 0 heterocycles. The predicted molar refractivity (Wildman–Crippen MR) is 85.1 cm³/mol. The molecule has 0 saturated heterocycles. The zero-order valence-corrected chi connectivity index (χ0v) is 12.7. The minimum Gasteiger partial charge on any atom is -0.478 e. The molecule has 1 aromatic carbocycles. The summed E-state index contributed by atoms with van der Waals surface area (Å²) in [5.74, 6) is -0.919. The second kappa shape index (κ2) is 8.41. The first-order valence-corrected chi connectivity index (χ1v) is 7.32.